The van der Waals surface area contributed by atoms with Gasteiger partial charge in [0.15, 0.2) is 0 Å². The summed E-state index contributed by atoms with van der Waals surface area (Å²) in [7, 11) is 0. The number of thiophene rings is 1. The Bertz CT molecular complexity index is 347. The number of amides is 1. The molecule has 2 atom stereocenters. The minimum absolute atomic E-state index is 0.0893. The number of carbonyl (C=O) groups excluding carboxylic acids is 1. The van der Waals surface area contributed by atoms with Crippen molar-refractivity contribution < 1.29 is 9.53 Å². The predicted molar refractivity (Wildman–Crippen MR) is 71.6 cm³/mol. The van der Waals surface area contributed by atoms with Crippen LogP contribution >= 0.6 is 23.1 Å². The minimum atomic E-state index is 0.0893. The molecule has 5 heteroatoms. The lowest BCUT2D eigenvalue weighted by Gasteiger charge is -2.19. The van der Waals surface area contributed by atoms with Gasteiger partial charge >= 0.3 is 0 Å². The fourth-order valence-electron chi connectivity index (χ4n) is 1.87. The van der Waals surface area contributed by atoms with Gasteiger partial charge in [-0.05, 0) is 31.2 Å². The van der Waals surface area contributed by atoms with E-state index >= 15 is 0 Å². The fourth-order valence-corrected chi connectivity index (χ4v) is 3.46. The molecular weight excluding hydrogens is 254 g/mol. The summed E-state index contributed by atoms with van der Waals surface area (Å²) in [5.41, 5.74) is 0. The number of hydrogen-bond acceptors (Lipinski definition) is 4. The third kappa shape index (κ3) is 4.01. The van der Waals surface area contributed by atoms with E-state index in [9.17, 15) is 4.79 Å². The monoisotopic (exact) mass is 271 g/mol. The summed E-state index contributed by atoms with van der Waals surface area (Å²) in [5, 5.41) is 5.03. The molecule has 0 radical (unpaired) electrons. The molecule has 1 aliphatic rings. The largest absolute Gasteiger partial charge is 0.376 e. The van der Waals surface area contributed by atoms with Crippen LogP contribution in [0, 0.1) is 0 Å². The Kier molecular flexibility index (Phi) is 4.88. The van der Waals surface area contributed by atoms with Gasteiger partial charge in [-0.1, -0.05) is 6.07 Å². The van der Waals surface area contributed by atoms with E-state index in [-0.39, 0.29) is 18.1 Å². The average molecular weight is 271 g/mol. The number of ether oxygens (including phenoxy) is 1. The second-order valence-electron chi connectivity index (χ2n) is 4.13. The maximum atomic E-state index is 11.7. The Balaban J connectivity index is 1.69. The van der Waals surface area contributed by atoms with Crippen molar-refractivity contribution in [1.29, 1.82) is 0 Å². The molecule has 0 aliphatic carbocycles. The van der Waals surface area contributed by atoms with Crippen molar-refractivity contribution in [2.45, 2.75) is 36.1 Å². The smallest absolute Gasteiger partial charge is 0.230 e. The summed E-state index contributed by atoms with van der Waals surface area (Å²) in [5.74, 6) is 0.573. The van der Waals surface area contributed by atoms with Crippen LogP contribution in [0.2, 0.25) is 0 Å². The van der Waals surface area contributed by atoms with Gasteiger partial charge in [0.2, 0.25) is 5.91 Å². The minimum Gasteiger partial charge on any atom is -0.376 e. The van der Waals surface area contributed by atoms with Gasteiger partial charge < -0.3 is 10.1 Å². The number of hydrogen-bond donors (Lipinski definition) is 1. The highest BCUT2D eigenvalue weighted by Crippen LogP contribution is 2.23. The molecule has 17 heavy (non-hydrogen) atoms. The Morgan fingerprint density at radius 1 is 1.76 bits per heavy atom. The third-order valence-electron chi connectivity index (χ3n) is 2.75. The molecule has 0 saturated carbocycles. The summed E-state index contributed by atoms with van der Waals surface area (Å²) in [6.07, 6.45) is 2.36. The molecule has 2 rings (SSSR count). The highest BCUT2D eigenvalue weighted by atomic mass is 32.2. The van der Waals surface area contributed by atoms with Crippen LogP contribution in [0.25, 0.3) is 0 Å². The van der Waals surface area contributed by atoms with Crippen LogP contribution in [0.5, 0.6) is 0 Å². The number of rotatable bonds is 5. The first-order valence-corrected chi connectivity index (χ1v) is 7.69. The number of carbonyl (C=O) groups is 1. The van der Waals surface area contributed by atoms with Crippen molar-refractivity contribution in [2.75, 3.05) is 12.4 Å². The molecule has 1 fully saturated rings. The van der Waals surface area contributed by atoms with Gasteiger partial charge in [0.25, 0.3) is 0 Å². The van der Waals surface area contributed by atoms with E-state index in [2.05, 4.69) is 5.32 Å². The van der Waals surface area contributed by atoms with E-state index in [1.165, 1.54) is 4.21 Å². The number of thioether (sulfide) groups is 1. The Hall–Kier alpha value is -0.520. The summed E-state index contributed by atoms with van der Waals surface area (Å²) < 4.78 is 6.73. The van der Waals surface area contributed by atoms with E-state index in [1.807, 2.05) is 24.4 Å². The first kappa shape index (κ1) is 12.9. The lowest BCUT2D eigenvalue weighted by atomic mass is 10.1. The summed E-state index contributed by atoms with van der Waals surface area (Å²) in [4.78, 5) is 11.7. The molecular formula is C12H17NO2S2. The van der Waals surface area contributed by atoms with Crippen LogP contribution in [-0.4, -0.2) is 30.4 Å². The zero-order valence-corrected chi connectivity index (χ0v) is 11.5. The lowest BCUT2D eigenvalue weighted by Crippen LogP contribution is -2.41. The summed E-state index contributed by atoms with van der Waals surface area (Å²) in [6.45, 7) is 2.85. The predicted octanol–water partition coefficient (Wildman–Crippen LogP) is 2.52. The molecule has 2 heterocycles. The molecule has 94 valence electrons. The van der Waals surface area contributed by atoms with Crippen LogP contribution in [0.1, 0.15) is 19.8 Å². The molecule has 1 aromatic heterocycles. The molecule has 1 saturated heterocycles. The Labute approximate surface area is 110 Å². The van der Waals surface area contributed by atoms with Crippen LogP contribution in [0.4, 0.5) is 0 Å². The van der Waals surface area contributed by atoms with Gasteiger partial charge in [0, 0.05) is 6.61 Å². The zero-order valence-electron chi connectivity index (χ0n) is 9.85. The van der Waals surface area contributed by atoms with Crippen molar-refractivity contribution in [2.24, 2.45) is 0 Å². The second kappa shape index (κ2) is 6.42. The average Bonchev–Trinajstić information content (AvgIpc) is 2.99. The van der Waals surface area contributed by atoms with Crippen LogP contribution in [-0.2, 0) is 9.53 Å². The first-order valence-electron chi connectivity index (χ1n) is 5.83. The summed E-state index contributed by atoms with van der Waals surface area (Å²) >= 11 is 3.25. The summed E-state index contributed by atoms with van der Waals surface area (Å²) in [6, 6.07) is 4.15. The Morgan fingerprint density at radius 3 is 3.29 bits per heavy atom. The molecule has 1 aliphatic heterocycles. The second-order valence-corrected chi connectivity index (χ2v) is 6.35. The molecule has 0 spiro atoms. The standard InChI is InChI=1S/C12H17NO2S2/c1-9(10-4-2-6-15-10)13-11(14)8-17-12-5-3-7-16-12/h3,5,7,9-10H,2,4,6,8H2,1H3,(H,13,14)/t9-,10+/m0/s1. The van der Waals surface area contributed by atoms with Crippen LogP contribution in [0.3, 0.4) is 0 Å². The highest BCUT2D eigenvalue weighted by molar-refractivity contribution is 8.01. The lowest BCUT2D eigenvalue weighted by molar-refractivity contribution is -0.120. The van der Waals surface area contributed by atoms with Crippen molar-refractivity contribution in [3.8, 4) is 0 Å². The van der Waals surface area contributed by atoms with E-state index < -0.39 is 0 Å². The van der Waals surface area contributed by atoms with Crippen molar-refractivity contribution in [3.05, 3.63) is 17.5 Å². The van der Waals surface area contributed by atoms with Crippen molar-refractivity contribution in [1.82, 2.24) is 5.32 Å². The van der Waals surface area contributed by atoms with Gasteiger partial charge in [-0.15, -0.1) is 23.1 Å². The van der Waals surface area contributed by atoms with Crippen LogP contribution < -0.4 is 5.32 Å². The molecule has 1 N–H and O–H groups in total. The maximum Gasteiger partial charge on any atom is 0.230 e. The van der Waals surface area contributed by atoms with E-state index in [0.29, 0.717) is 5.75 Å². The number of nitrogens with one attached hydrogen (secondary N) is 1. The SMILES string of the molecule is C[C@H](NC(=O)CSc1cccs1)[C@H]1CCCO1. The van der Waals surface area contributed by atoms with Crippen molar-refractivity contribution >= 4 is 29.0 Å². The molecule has 1 amide bonds. The van der Waals surface area contributed by atoms with Gasteiger partial charge in [-0.2, -0.15) is 0 Å². The van der Waals surface area contributed by atoms with Gasteiger partial charge in [-0.3, -0.25) is 4.79 Å². The molecule has 3 nitrogen and oxygen atoms in total. The first-order chi connectivity index (χ1) is 8.25. The zero-order chi connectivity index (χ0) is 12.1. The molecule has 0 unspecified atom stereocenters. The van der Waals surface area contributed by atoms with Crippen LogP contribution in [0.15, 0.2) is 21.7 Å². The van der Waals surface area contributed by atoms with E-state index in [1.54, 1.807) is 23.1 Å². The molecule has 1 aromatic rings. The highest BCUT2D eigenvalue weighted by Gasteiger charge is 2.23. The Morgan fingerprint density at radius 2 is 2.65 bits per heavy atom. The van der Waals surface area contributed by atoms with Gasteiger partial charge in [-0.25, -0.2) is 0 Å². The normalized spacial score (nSPS) is 21.4. The third-order valence-corrected chi connectivity index (χ3v) is 4.88. The quantitative estimate of drug-likeness (QED) is 0.836. The van der Waals surface area contributed by atoms with E-state index in [0.717, 1.165) is 19.4 Å². The topological polar surface area (TPSA) is 38.3 Å². The van der Waals surface area contributed by atoms with Crippen molar-refractivity contribution in [3.63, 3.8) is 0 Å². The van der Waals surface area contributed by atoms with Gasteiger partial charge in [0.1, 0.15) is 0 Å². The molecule has 0 bridgehead atoms. The maximum absolute atomic E-state index is 11.7. The fraction of sp³-hybridized carbons (Fsp3) is 0.583. The molecule has 0 aromatic carbocycles. The van der Waals surface area contributed by atoms with E-state index in [4.69, 9.17) is 4.74 Å². The van der Waals surface area contributed by atoms with Gasteiger partial charge in [0.05, 0.1) is 22.1 Å².